The Bertz CT molecular complexity index is 596. The highest BCUT2D eigenvalue weighted by Gasteiger charge is 2.15. The van der Waals surface area contributed by atoms with Gasteiger partial charge in [-0.3, -0.25) is 4.90 Å². The Morgan fingerprint density at radius 1 is 1.45 bits per heavy atom. The molecule has 2 N–H and O–H groups in total. The lowest BCUT2D eigenvalue weighted by Gasteiger charge is -2.24. The van der Waals surface area contributed by atoms with E-state index in [2.05, 4.69) is 17.9 Å². The highest BCUT2D eigenvalue weighted by atomic mass is 32.1. The predicted molar refractivity (Wildman–Crippen MR) is 86.5 cm³/mol. The van der Waals surface area contributed by atoms with Gasteiger partial charge in [0.05, 0.1) is 0 Å². The number of nitrogens with zero attached hydrogens (tertiary/aromatic N) is 1. The number of benzene rings is 1. The molecule has 0 aliphatic carbocycles. The van der Waals surface area contributed by atoms with Crippen molar-refractivity contribution < 1.29 is 4.39 Å². The minimum Gasteiger partial charge on any atom is -0.389 e. The van der Waals surface area contributed by atoms with Crippen molar-refractivity contribution in [3.8, 4) is 0 Å². The van der Waals surface area contributed by atoms with Gasteiger partial charge in [0, 0.05) is 28.6 Å². The van der Waals surface area contributed by atoms with Gasteiger partial charge in [-0.05, 0) is 43.6 Å². The maximum absolute atomic E-state index is 13.9. The highest BCUT2D eigenvalue weighted by Crippen LogP contribution is 2.25. The molecule has 0 bridgehead atoms. The van der Waals surface area contributed by atoms with E-state index in [0.29, 0.717) is 22.7 Å². The number of rotatable bonds is 5. The second kappa shape index (κ2) is 6.43. The Kier molecular flexibility index (Phi) is 4.86. The maximum Gasteiger partial charge on any atom is 0.127 e. The molecule has 0 amide bonds. The van der Waals surface area contributed by atoms with Crippen LogP contribution in [-0.4, -0.2) is 16.9 Å². The number of nitrogens with two attached hydrogens (primary N) is 1. The van der Waals surface area contributed by atoms with Crippen LogP contribution in [0.2, 0.25) is 0 Å². The summed E-state index contributed by atoms with van der Waals surface area (Å²) < 4.78 is 13.9. The zero-order valence-corrected chi connectivity index (χ0v) is 13.1. The molecular weight excluding hydrogens is 291 g/mol. The summed E-state index contributed by atoms with van der Waals surface area (Å²) in [6, 6.07) is 9.13. The Morgan fingerprint density at radius 2 is 2.20 bits per heavy atom. The van der Waals surface area contributed by atoms with Crippen LogP contribution in [0.25, 0.3) is 0 Å². The van der Waals surface area contributed by atoms with E-state index in [1.165, 1.54) is 10.9 Å². The maximum atomic E-state index is 13.9. The first-order valence-corrected chi connectivity index (χ1v) is 7.59. The molecule has 1 heterocycles. The standard InChI is InChI=1S/C15H17FN2S2/c1-10(14-4-3-7-20-14)18(2)9-12-8-11(15(17)19)5-6-13(12)16/h3-8,10H,9H2,1-2H3,(H2,17,19). The van der Waals surface area contributed by atoms with Crippen LogP contribution >= 0.6 is 23.6 Å². The van der Waals surface area contributed by atoms with Gasteiger partial charge in [-0.25, -0.2) is 4.39 Å². The topological polar surface area (TPSA) is 29.3 Å². The molecule has 2 aromatic rings. The second-order valence-electron chi connectivity index (χ2n) is 4.78. The van der Waals surface area contributed by atoms with Crippen LogP contribution in [-0.2, 0) is 6.54 Å². The largest absolute Gasteiger partial charge is 0.389 e. The van der Waals surface area contributed by atoms with Crippen LogP contribution in [0.4, 0.5) is 4.39 Å². The molecule has 1 unspecified atom stereocenters. The third-order valence-corrected chi connectivity index (χ3v) is 4.64. The van der Waals surface area contributed by atoms with Gasteiger partial charge in [0.1, 0.15) is 10.8 Å². The molecule has 0 saturated carbocycles. The summed E-state index contributed by atoms with van der Waals surface area (Å²) in [6.45, 7) is 2.63. The first-order chi connectivity index (χ1) is 9.49. The third kappa shape index (κ3) is 3.42. The summed E-state index contributed by atoms with van der Waals surface area (Å²) in [5.74, 6) is -0.227. The van der Waals surface area contributed by atoms with Crippen molar-refractivity contribution in [2.75, 3.05) is 7.05 Å². The predicted octanol–water partition coefficient (Wildman–Crippen LogP) is 3.71. The molecule has 2 rings (SSSR count). The van der Waals surface area contributed by atoms with Crippen molar-refractivity contribution in [2.24, 2.45) is 5.73 Å². The number of thiocarbonyl (C=S) groups is 1. The molecule has 2 nitrogen and oxygen atoms in total. The van der Waals surface area contributed by atoms with Gasteiger partial charge >= 0.3 is 0 Å². The lowest BCUT2D eigenvalue weighted by atomic mass is 10.1. The third-order valence-electron chi connectivity index (χ3n) is 3.37. The first-order valence-electron chi connectivity index (χ1n) is 6.31. The van der Waals surface area contributed by atoms with Crippen LogP contribution in [0.1, 0.15) is 29.0 Å². The molecule has 5 heteroatoms. The van der Waals surface area contributed by atoms with Crippen LogP contribution < -0.4 is 5.73 Å². The molecule has 0 radical (unpaired) electrons. The molecular formula is C15H17FN2S2. The van der Waals surface area contributed by atoms with Gasteiger partial charge in [0.15, 0.2) is 0 Å². The summed E-state index contributed by atoms with van der Waals surface area (Å²) >= 11 is 6.64. The number of hydrogen-bond acceptors (Lipinski definition) is 3. The SMILES string of the molecule is CC(c1cccs1)N(C)Cc1cc(C(N)=S)ccc1F. The Morgan fingerprint density at radius 3 is 2.80 bits per heavy atom. The van der Waals surface area contributed by atoms with Crippen molar-refractivity contribution in [1.29, 1.82) is 0 Å². The summed E-state index contributed by atoms with van der Waals surface area (Å²) in [6.07, 6.45) is 0. The van der Waals surface area contributed by atoms with Crippen LogP contribution in [0.15, 0.2) is 35.7 Å². The smallest absolute Gasteiger partial charge is 0.127 e. The molecule has 0 aliphatic rings. The molecule has 0 spiro atoms. The highest BCUT2D eigenvalue weighted by molar-refractivity contribution is 7.80. The molecule has 1 aromatic carbocycles. The van der Waals surface area contributed by atoms with Crippen LogP contribution in [0.5, 0.6) is 0 Å². The van der Waals surface area contributed by atoms with Gasteiger partial charge in [-0.15, -0.1) is 11.3 Å². The minimum absolute atomic E-state index is 0.227. The fraction of sp³-hybridized carbons (Fsp3) is 0.267. The van der Waals surface area contributed by atoms with E-state index in [-0.39, 0.29) is 11.9 Å². The lowest BCUT2D eigenvalue weighted by molar-refractivity contribution is 0.253. The number of hydrogen-bond donors (Lipinski definition) is 1. The van der Waals surface area contributed by atoms with E-state index in [1.54, 1.807) is 23.5 Å². The number of halogens is 1. The molecule has 106 valence electrons. The van der Waals surface area contributed by atoms with Crippen molar-refractivity contribution in [1.82, 2.24) is 4.90 Å². The van der Waals surface area contributed by atoms with E-state index in [4.69, 9.17) is 18.0 Å². The average molecular weight is 308 g/mol. The van der Waals surface area contributed by atoms with Crippen molar-refractivity contribution in [3.63, 3.8) is 0 Å². The normalized spacial score (nSPS) is 12.6. The zero-order valence-electron chi connectivity index (χ0n) is 11.5. The molecule has 1 aromatic heterocycles. The summed E-state index contributed by atoms with van der Waals surface area (Å²) in [7, 11) is 1.98. The van der Waals surface area contributed by atoms with E-state index in [1.807, 2.05) is 18.5 Å². The monoisotopic (exact) mass is 308 g/mol. The number of thiophene rings is 1. The summed E-state index contributed by atoms with van der Waals surface area (Å²) in [5.41, 5.74) is 6.91. The molecule has 1 atom stereocenters. The van der Waals surface area contributed by atoms with Crippen molar-refractivity contribution in [2.45, 2.75) is 19.5 Å². The Labute approximate surface area is 128 Å². The fourth-order valence-corrected chi connectivity index (χ4v) is 2.98. The molecule has 0 fully saturated rings. The van der Waals surface area contributed by atoms with Crippen molar-refractivity contribution >= 4 is 28.5 Å². The Hall–Kier alpha value is -1.30. The van der Waals surface area contributed by atoms with Crippen molar-refractivity contribution in [3.05, 3.63) is 57.5 Å². The molecule has 0 aliphatic heterocycles. The van der Waals surface area contributed by atoms with E-state index >= 15 is 0 Å². The average Bonchev–Trinajstić information content (AvgIpc) is 2.94. The van der Waals surface area contributed by atoms with E-state index in [0.717, 1.165) is 0 Å². The molecule has 0 saturated heterocycles. The van der Waals surface area contributed by atoms with Gasteiger partial charge in [-0.1, -0.05) is 18.3 Å². The zero-order chi connectivity index (χ0) is 14.7. The van der Waals surface area contributed by atoms with Gasteiger partial charge in [0.2, 0.25) is 0 Å². The fourth-order valence-electron chi connectivity index (χ4n) is 2.00. The van der Waals surface area contributed by atoms with Crippen LogP contribution in [0.3, 0.4) is 0 Å². The molecule has 20 heavy (non-hydrogen) atoms. The van der Waals surface area contributed by atoms with Gasteiger partial charge in [0.25, 0.3) is 0 Å². The van der Waals surface area contributed by atoms with Gasteiger partial charge < -0.3 is 5.73 Å². The van der Waals surface area contributed by atoms with Gasteiger partial charge in [-0.2, -0.15) is 0 Å². The van der Waals surface area contributed by atoms with E-state index < -0.39 is 0 Å². The summed E-state index contributed by atoms with van der Waals surface area (Å²) in [5, 5.41) is 2.05. The van der Waals surface area contributed by atoms with E-state index in [9.17, 15) is 4.39 Å². The van der Waals surface area contributed by atoms with Crippen LogP contribution in [0, 0.1) is 5.82 Å². The second-order valence-corrected chi connectivity index (χ2v) is 6.20. The quantitative estimate of drug-likeness (QED) is 0.854. The first kappa shape index (κ1) is 15.1. The minimum atomic E-state index is -0.227. The Balaban J connectivity index is 2.17. The lowest BCUT2D eigenvalue weighted by Crippen LogP contribution is -2.22. The summed E-state index contributed by atoms with van der Waals surface area (Å²) in [4.78, 5) is 3.66.